The first-order valence-corrected chi connectivity index (χ1v) is 6.35. The molecule has 0 aliphatic carbocycles. The van der Waals surface area contributed by atoms with Gasteiger partial charge in [-0.25, -0.2) is 19.6 Å². The van der Waals surface area contributed by atoms with Crippen LogP contribution in [-0.2, 0) is 0 Å². The Morgan fingerprint density at radius 2 is 2.32 bits per heavy atom. The Kier molecular flexibility index (Phi) is 2.28. The number of H-pyrrole nitrogens is 1. The minimum absolute atomic E-state index is 0.216. The molecule has 1 saturated heterocycles. The fraction of sp³-hybridized carbons (Fsp3) is 0.417. The Balaban J connectivity index is 1.96. The number of nitrogens with one attached hydrogen (secondary N) is 2. The Hall–Kier alpha value is -2.02. The van der Waals surface area contributed by atoms with E-state index in [0.29, 0.717) is 12.2 Å². The summed E-state index contributed by atoms with van der Waals surface area (Å²) in [5.41, 5.74) is 2.30. The Morgan fingerprint density at radius 3 is 3.21 bits per heavy atom. The number of aromatic nitrogens is 5. The molecule has 3 aromatic heterocycles. The molecule has 7 heteroatoms. The molecule has 0 amide bonds. The van der Waals surface area contributed by atoms with Gasteiger partial charge in [-0.15, -0.1) is 0 Å². The van der Waals surface area contributed by atoms with Crippen molar-refractivity contribution in [2.75, 3.05) is 13.1 Å². The van der Waals surface area contributed by atoms with Crippen LogP contribution in [0.15, 0.2) is 18.5 Å². The zero-order valence-corrected chi connectivity index (χ0v) is 10.2. The Morgan fingerprint density at radius 1 is 1.37 bits per heavy atom. The molecule has 0 bridgehead atoms. The van der Waals surface area contributed by atoms with Crippen molar-refractivity contribution in [1.29, 1.82) is 0 Å². The Labute approximate surface area is 108 Å². The van der Waals surface area contributed by atoms with Crippen molar-refractivity contribution in [2.24, 2.45) is 0 Å². The maximum Gasteiger partial charge on any atom is 0.161 e. The predicted octanol–water partition coefficient (Wildman–Crippen LogP) is 1.18. The van der Waals surface area contributed by atoms with E-state index in [-0.39, 0.29) is 6.04 Å². The molecule has 0 unspecified atom stereocenters. The van der Waals surface area contributed by atoms with Crippen molar-refractivity contribution in [3.05, 3.63) is 18.5 Å². The van der Waals surface area contributed by atoms with Crippen LogP contribution in [0.3, 0.4) is 0 Å². The lowest BCUT2D eigenvalue weighted by molar-refractivity contribution is 0.175. The van der Waals surface area contributed by atoms with Crippen molar-refractivity contribution in [2.45, 2.75) is 18.6 Å². The van der Waals surface area contributed by atoms with Crippen molar-refractivity contribution < 1.29 is 4.39 Å². The first kappa shape index (κ1) is 10.9. The summed E-state index contributed by atoms with van der Waals surface area (Å²) in [5, 5.41) is 11.1. The number of pyridine rings is 1. The summed E-state index contributed by atoms with van der Waals surface area (Å²) in [5.74, 6) is 0. The van der Waals surface area contributed by atoms with Gasteiger partial charge in [0.2, 0.25) is 0 Å². The highest BCUT2D eigenvalue weighted by Crippen LogP contribution is 2.28. The van der Waals surface area contributed by atoms with E-state index in [1.165, 1.54) is 0 Å². The van der Waals surface area contributed by atoms with Gasteiger partial charge in [0.05, 0.1) is 17.8 Å². The molecule has 0 spiro atoms. The molecule has 4 heterocycles. The summed E-state index contributed by atoms with van der Waals surface area (Å²) in [6.45, 7) is 1.19. The number of piperidine rings is 1. The van der Waals surface area contributed by atoms with Gasteiger partial charge in [0.25, 0.3) is 0 Å². The van der Waals surface area contributed by atoms with E-state index >= 15 is 0 Å². The van der Waals surface area contributed by atoms with Gasteiger partial charge in [-0.1, -0.05) is 0 Å². The molecule has 4 rings (SSSR count). The monoisotopic (exact) mass is 260 g/mol. The molecule has 1 aliphatic rings. The van der Waals surface area contributed by atoms with Gasteiger partial charge < -0.3 is 5.32 Å². The molecule has 6 nitrogen and oxygen atoms in total. The summed E-state index contributed by atoms with van der Waals surface area (Å²) >= 11 is 0. The molecule has 0 radical (unpaired) electrons. The maximum absolute atomic E-state index is 14.1. The number of rotatable bonds is 1. The predicted molar refractivity (Wildman–Crippen MR) is 68.6 cm³/mol. The minimum Gasteiger partial charge on any atom is -0.314 e. The SMILES string of the molecule is F[C@H]1CNCC[C@H]1n1[nH]nc2cnc3nccc3c21. The highest BCUT2D eigenvalue weighted by Gasteiger charge is 2.28. The number of nitrogens with zero attached hydrogens (tertiary/aromatic N) is 4. The second-order valence-corrected chi connectivity index (χ2v) is 4.83. The second kappa shape index (κ2) is 3.99. The van der Waals surface area contributed by atoms with Crippen molar-refractivity contribution in [1.82, 2.24) is 30.3 Å². The molecular weight excluding hydrogens is 247 g/mol. The van der Waals surface area contributed by atoms with Gasteiger partial charge in [-0.2, -0.15) is 5.10 Å². The first-order valence-electron chi connectivity index (χ1n) is 6.35. The first-order chi connectivity index (χ1) is 9.34. The van der Waals surface area contributed by atoms with Crippen LogP contribution in [0.5, 0.6) is 0 Å². The summed E-state index contributed by atoms with van der Waals surface area (Å²) < 4.78 is 15.9. The number of hydrogen-bond donors (Lipinski definition) is 2. The summed E-state index contributed by atoms with van der Waals surface area (Å²) in [6.07, 6.45) is 3.20. The maximum atomic E-state index is 14.1. The average molecular weight is 260 g/mol. The Bertz CT molecular complexity index is 732. The van der Waals surface area contributed by atoms with Crippen LogP contribution < -0.4 is 5.32 Å². The van der Waals surface area contributed by atoms with E-state index in [2.05, 4.69) is 25.6 Å². The van der Waals surface area contributed by atoms with Crippen LogP contribution in [-0.4, -0.2) is 44.2 Å². The number of alkyl halides is 1. The normalized spacial score (nSPS) is 24.3. The van der Waals surface area contributed by atoms with Crippen LogP contribution in [0.4, 0.5) is 4.39 Å². The molecule has 19 heavy (non-hydrogen) atoms. The van der Waals surface area contributed by atoms with E-state index in [1.807, 2.05) is 10.7 Å². The zero-order valence-electron chi connectivity index (χ0n) is 10.2. The van der Waals surface area contributed by atoms with Crippen LogP contribution in [0.1, 0.15) is 12.5 Å². The van der Waals surface area contributed by atoms with Gasteiger partial charge in [-0.05, 0) is 19.0 Å². The number of halogens is 1. The van der Waals surface area contributed by atoms with Crippen molar-refractivity contribution >= 4 is 22.1 Å². The molecule has 3 aromatic rings. The van der Waals surface area contributed by atoms with Crippen LogP contribution in [0, 0.1) is 0 Å². The van der Waals surface area contributed by atoms with Gasteiger partial charge in [-0.3, -0.25) is 4.68 Å². The molecule has 2 N–H and O–H groups in total. The molecule has 1 aliphatic heterocycles. The largest absolute Gasteiger partial charge is 0.314 e. The fourth-order valence-electron chi connectivity index (χ4n) is 2.77. The molecule has 1 fully saturated rings. The minimum atomic E-state index is -0.923. The molecular formula is C12H13FN6. The standard InChI is InChI=1S/C12H13FN6/c13-8-5-14-3-2-10(8)19-11-7-1-4-15-12(7)16-6-9(11)17-18-19/h1,4,6,8,10,14,18H,2-3,5H2/t8-,10+/m0/s1. The van der Waals surface area contributed by atoms with Crippen molar-refractivity contribution in [3.63, 3.8) is 0 Å². The van der Waals surface area contributed by atoms with E-state index in [9.17, 15) is 4.39 Å². The van der Waals surface area contributed by atoms with E-state index in [1.54, 1.807) is 12.4 Å². The highest BCUT2D eigenvalue weighted by atomic mass is 19.1. The van der Waals surface area contributed by atoms with Gasteiger partial charge in [0, 0.05) is 18.1 Å². The summed E-state index contributed by atoms with van der Waals surface area (Å²) in [7, 11) is 0. The second-order valence-electron chi connectivity index (χ2n) is 4.83. The topological polar surface area (TPSA) is 71.4 Å². The van der Waals surface area contributed by atoms with Crippen LogP contribution in [0.2, 0.25) is 0 Å². The lowest BCUT2D eigenvalue weighted by Crippen LogP contribution is -2.39. The van der Waals surface area contributed by atoms with Gasteiger partial charge in [0.15, 0.2) is 5.65 Å². The van der Waals surface area contributed by atoms with E-state index in [4.69, 9.17) is 0 Å². The molecule has 0 aromatic carbocycles. The van der Waals surface area contributed by atoms with Crippen LogP contribution >= 0.6 is 0 Å². The summed E-state index contributed by atoms with van der Waals surface area (Å²) in [6, 6.07) is 1.68. The number of hydrogen-bond acceptors (Lipinski definition) is 4. The summed E-state index contributed by atoms with van der Waals surface area (Å²) in [4.78, 5) is 8.42. The molecule has 98 valence electrons. The quantitative estimate of drug-likeness (QED) is 0.689. The lowest BCUT2D eigenvalue weighted by Gasteiger charge is -2.27. The number of aromatic amines is 1. The third kappa shape index (κ3) is 1.54. The zero-order chi connectivity index (χ0) is 12.8. The lowest BCUT2D eigenvalue weighted by atomic mass is 10.0. The van der Waals surface area contributed by atoms with Gasteiger partial charge in [0.1, 0.15) is 11.7 Å². The van der Waals surface area contributed by atoms with E-state index < -0.39 is 6.17 Å². The molecule has 2 atom stereocenters. The molecule has 0 saturated carbocycles. The third-order valence-corrected chi connectivity index (χ3v) is 3.71. The van der Waals surface area contributed by atoms with Crippen molar-refractivity contribution in [3.8, 4) is 0 Å². The van der Waals surface area contributed by atoms with Gasteiger partial charge >= 0.3 is 0 Å². The highest BCUT2D eigenvalue weighted by molar-refractivity contribution is 6.00. The van der Waals surface area contributed by atoms with E-state index in [0.717, 1.165) is 29.4 Å². The smallest absolute Gasteiger partial charge is 0.161 e. The van der Waals surface area contributed by atoms with Crippen LogP contribution in [0.25, 0.3) is 22.1 Å². The number of fused-ring (bicyclic) bond motifs is 3. The third-order valence-electron chi connectivity index (χ3n) is 3.71. The fourth-order valence-corrected chi connectivity index (χ4v) is 2.77. The average Bonchev–Trinajstić information content (AvgIpc) is 3.04.